The fourth-order valence-corrected chi connectivity index (χ4v) is 5.08. The van der Waals surface area contributed by atoms with Crippen LogP contribution in [0.25, 0.3) is 6.08 Å². The van der Waals surface area contributed by atoms with Crippen molar-refractivity contribution in [1.29, 1.82) is 0 Å². The number of ether oxygens (including phenoxy) is 2. The lowest BCUT2D eigenvalue weighted by Crippen LogP contribution is -2.38. The first kappa shape index (κ1) is 21.8. The number of likely N-dealkylation sites (tertiary alicyclic amines) is 1. The highest BCUT2D eigenvalue weighted by atomic mass is 35.5. The summed E-state index contributed by atoms with van der Waals surface area (Å²) < 4.78 is 11.2. The van der Waals surface area contributed by atoms with Crippen LogP contribution in [0.4, 0.5) is 0 Å². The van der Waals surface area contributed by atoms with Crippen molar-refractivity contribution >= 4 is 35.3 Å². The molecule has 8 nitrogen and oxygen atoms in total. The maximum absolute atomic E-state index is 12.7. The number of aromatic nitrogens is 4. The molecule has 2 aliphatic heterocycles. The van der Waals surface area contributed by atoms with Crippen LogP contribution in [0.2, 0.25) is 5.02 Å². The summed E-state index contributed by atoms with van der Waals surface area (Å²) in [6.45, 7) is 2.45. The molecule has 3 heterocycles. The molecule has 1 atom stereocenters. The largest absolute Gasteiger partial charge is 0.486 e. The third-order valence-corrected chi connectivity index (χ3v) is 7.09. The van der Waals surface area contributed by atoms with Gasteiger partial charge in [0.15, 0.2) is 17.3 Å². The summed E-state index contributed by atoms with van der Waals surface area (Å²) in [5.74, 6) is 2.35. The van der Waals surface area contributed by atoms with E-state index in [9.17, 15) is 4.79 Å². The smallest absolute Gasteiger partial charge is 0.246 e. The molecule has 1 N–H and O–H groups in total. The zero-order chi connectivity index (χ0) is 22.6. The van der Waals surface area contributed by atoms with Gasteiger partial charge in [-0.1, -0.05) is 29.4 Å². The van der Waals surface area contributed by atoms with Gasteiger partial charge in [-0.3, -0.25) is 4.79 Å². The highest BCUT2D eigenvalue weighted by molar-refractivity contribution is 7.99. The van der Waals surface area contributed by atoms with E-state index in [-0.39, 0.29) is 11.8 Å². The maximum Gasteiger partial charge on any atom is 0.246 e. The molecule has 1 amide bonds. The van der Waals surface area contributed by atoms with Crippen molar-refractivity contribution in [1.82, 2.24) is 25.5 Å². The number of nitrogens with one attached hydrogen (secondary N) is 1. The summed E-state index contributed by atoms with van der Waals surface area (Å²) in [6.07, 6.45) is 5.28. The van der Waals surface area contributed by atoms with Crippen LogP contribution < -0.4 is 9.47 Å². The van der Waals surface area contributed by atoms with Crippen molar-refractivity contribution in [2.24, 2.45) is 0 Å². The normalized spacial score (nSPS) is 18.0. The minimum absolute atomic E-state index is 0.0296. The number of hydrogen-bond donors (Lipinski definition) is 1. The van der Waals surface area contributed by atoms with Gasteiger partial charge < -0.3 is 14.4 Å². The molecule has 170 valence electrons. The molecular formula is C23H22ClN5O3S. The molecule has 0 radical (unpaired) electrons. The molecule has 3 aromatic rings. The molecule has 2 aromatic carbocycles. The number of halogens is 1. The Balaban J connectivity index is 1.22. The lowest BCUT2D eigenvalue weighted by molar-refractivity contribution is -0.127. The van der Waals surface area contributed by atoms with Gasteiger partial charge in [0, 0.05) is 34.9 Å². The first-order valence-electron chi connectivity index (χ1n) is 10.7. The fraction of sp³-hybridized carbons (Fsp3) is 0.304. The predicted molar refractivity (Wildman–Crippen MR) is 125 cm³/mol. The van der Waals surface area contributed by atoms with Crippen LogP contribution >= 0.6 is 23.4 Å². The average molecular weight is 484 g/mol. The van der Waals surface area contributed by atoms with Gasteiger partial charge in [0.25, 0.3) is 0 Å². The van der Waals surface area contributed by atoms with Gasteiger partial charge >= 0.3 is 0 Å². The quantitative estimate of drug-likeness (QED) is 0.543. The van der Waals surface area contributed by atoms with E-state index in [2.05, 4.69) is 20.6 Å². The van der Waals surface area contributed by atoms with Crippen LogP contribution in [-0.2, 0) is 4.79 Å². The van der Waals surface area contributed by atoms with Gasteiger partial charge in [-0.2, -0.15) is 0 Å². The number of carbonyl (C=O) groups is 1. The molecule has 0 aliphatic carbocycles. The summed E-state index contributed by atoms with van der Waals surface area (Å²) in [6, 6.07) is 11.6. The molecule has 1 saturated heterocycles. The summed E-state index contributed by atoms with van der Waals surface area (Å²) in [5.41, 5.74) is 0.868. The Labute approximate surface area is 200 Å². The molecule has 10 heteroatoms. The molecule has 1 fully saturated rings. The third kappa shape index (κ3) is 5.15. The van der Waals surface area contributed by atoms with Crippen molar-refractivity contribution in [3.8, 4) is 11.5 Å². The molecule has 1 aromatic heterocycles. The van der Waals surface area contributed by atoms with E-state index in [4.69, 9.17) is 21.1 Å². The molecule has 33 heavy (non-hydrogen) atoms. The number of benzene rings is 2. The predicted octanol–water partition coefficient (Wildman–Crippen LogP) is 4.19. The second kappa shape index (κ2) is 9.84. The van der Waals surface area contributed by atoms with Crippen molar-refractivity contribution in [3.63, 3.8) is 0 Å². The summed E-state index contributed by atoms with van der Waals surface area (Å²) in [4.78, 5) is 16.5. The Kier molecular flexibility index (Phi) is 6.50. The number of rotatable bonds is 5. The Hall–Kier alpha value is -3.04. The standard InChI is InChI=1S/C23H22ClN5O3S/c24-18-12-15(3-7-21(18)33-17-5-6-19-20(13-17)32-11-10-31-19)4-8-22(30)29-9-1-2-16(14-29)23-25-27-28-26-23/h3-8,12-13,16H,1-2,9-11,14H2,(H,25,26,27,28)/b8-4+. The average Bonchev–Trinajstić information content (AvgIpc) is 3.39. The van der Waals surface area contributed by atoms with E-state index in [0.717, 1.165) is 52.1 Å². The summed E-state index contributed by atoms with van der Waals surface area (Å²) in [5, 5.41) is 14.7. The maximum atomic E-state index is 12.7. The van der Waals surface area contributed by atoms with E-state index in [1.807, 2.05) is 41.3 Å². The van der Waals surface area contributed by atoms with Crippen LogP contribution in [0, 0.1) is 0 Å². The van der Waals surface area contributed by atoms with E-state index in [1.54, 1.807) is 23.9 Å². The van der Waals surface area contributed by atoms with Gasteiger partial charge in [-0.15, -0.1) is 5.10 Å². The van der Waals surface area contributed by atoms with E-state index in [1.165, 1.54) is 0 Å². The lowest BCUT2D eigenvalue weighted by atomic mass is 9.97. The van der Waals surface area contributed by atoms with Crippen LogP contribution in [0.3, 0.4) is 0 Å². The van der Waals surface area contributed by atoms with E-state index < -0.39 is 0 Å². The summed E-state index contributed by atoms with van der Waals surface area (Å²) >= 11 is 8.09. The second-order valence-electron chi connectivity index (χ2n) is 7.84. The Morgan fingerprint density at radius 3 is 2.88 bits per heavy atom. The van der Waals surface area contributed by atoms with Crippen LogP contribution in [0.1, 0.15) is 30.1 Å². The zero-order valence-electron chi connectivity index (χ0n) is 17.7. The zero-order valence-corrected chi connectivity index (χ0v) is 19.3. The molecular weight excluding hydrogens is 462 g/mol. The number of piperidine rings is 1. The van der Waals surface area contributed by atoms with Gasteiger partial charge in [-0.25, -0.2) is 5.10 Å². The van der Waals surface area contributed by atoms with Crippen LogP contribution in [-0.4, -0.2) is 57.7 Å². The molecule has 5 rings (SSSR count). The highest BCUT2D eigenvalue weighted by Crippen LogP contribution is 2.39. The molecule has 1 unspecified atom stereocenters. The molecule has 0 bridgehead atoms. The van der Waals surface area contributed by atoms with Crippen molar-refractivity contribution in [2.75, 3.05) is 26.3 Å². The molecule has 0 saturated carbocycles. The van der Waals surface area contributed by atoms with E-state index in [0.29, 0.717) is 24.8 Å². The third-order valence-electron chi connectivity index (χ3n) is 5.60. The molecule has 2 aliphatic rings. The Morgan fingerprint density at radius 1 is 1.18 bits per heavy atom. The van der Waals surface area contributed by atoms with Gasteiger partial charge in [0.2, 0.25) is 5.91 Å². The minimum Gasteiger partial charge on any atom is -0.486 e. The summed E-state index contributed by atoms with van der Waals surface area (Å²) in [7, 11) is 0. The van der Waals surface area contributed by atoms with Gasteiger partial charge in [0.05, 0.1) is 5.02 Å². The molecule has 0 spiro atoms. The number of tetrazole rings is 1. The second-order valence-corrected chi connectivity index (χ2v) is 9.36. The number of carbonyl (C=O) groups excluding carboxylic acids is 1. The van der Waals surface area contributed by atoms with Crippen LogP contribution in [0.15, 0.2) is 52.3 Å². The fourth-order valence-electron chi connectivity index (χ4n) is 3.93. The number of fused-ring (bicyclic) bond motifs is 1. The van der Waals surface area contributed by atoms with E-state index >= 15 is 0 Å². The SMILES string of the molecule is O=C(/C=C/c1ccc(Sc2ccc3c(c2)OCCO3)c(Cl)c1)N1CCCC(c2nnn[nH]2)C1. The first-order chi connectivity index (χ1) is 16.2. The Morgan fingerprint density at radius 2 is 2.06 bits per heavy atom. The number of hydrogen-bond acceptors (Lipinski definition) is 7. The number of amides is 1. The van der Waals surface area contributed by atoms with Crippen molar-refractivity contribution in [3.05, 3.63) is 58.9 Å². The monoisotopic (exact) mass is 483 g/mol. The van der Waals surface area contributed by atoms with Gasteiger partial charge in [0.1, 0.15) is 13.2 Å². The number of aromatic amines is 1. The van der Waals surface area contributed by atoms with Gasteiger partial charge in [-0.05, 0) is 65.2 Å². The number of nitrogens with zero attached hydrogens (tertiary/aromatic N) is 4. The van der Waals surface area contributed by atoms with Crippen molar-refractivity contribution < 1.29 is 14.3 Å². The topological polar surface area (TPSA) is 93.2 Å². The van der Waals surface area contributed by atoms with Crippen molar-refractivity contribution in [2.45, 2.75) is 28.6 Å². The van der Waals surface area contributed by atoms with Crippen LogP contribution in [0.5, 0.6) is 11.5 Å². The highest BCUT2D eigenvalue weighted by Gasteiger charge is 2.25. The first-order valence-corrected chi connectivity index (χ1v) is 11.9. The lowest BCUT2D eigenvalue weighted by Gasteiger charge is -2.30. The minimum atomic E-state index is -0.0296. The Bertz CT molecular complexity index is 1170. The number of H-pyrrole nitrogens is 1.